The number of carbonyl (C=O) groups is 1. The molecule has 0 radical (unpaired) electrons. The van der Waals surface area contributed by atoms with Crippen LogP contribution in [0.3, 0.4) is 0 Å². The summed E-state index contributed by atoms with van der Waals surface area (Å²) in [6.07, 6.45) is 1.24. The van der Waals surface area contributed by atoms with Crippen molar-refractivity contribution in [1.82, 2.24) is 5.32 Å². The maximum absolute atomic E-state index is 12.1. The number of hydrogen-bond acceptors (Lipinski definition) is 2. The van der Waals surface area contributed by atoms with Crippen LogP contribution in [0.1, 0.15) is 36.1 Å². The third-order valence-electron chi connectivity index (χ3n) is 3.71. The van der Waals surface area contributed by atoms with Crippen LogP contribution in [0.5, 0.6) is 5.75 Å². The number of benzene rings is 2. The minimum atomic E-state index is -0.0712. The fraction of sp³-hybridized carbons (Fsp3) is 0.316. The molecule has 2 aromatic carbocycles. The van der Waals surface area contributed by atoms with E-state index in [1.54, 1.807) is 7.11 Å². The predicted molar refractivity (Wildman–Crippen MR) is 89.1 cm³/mol. The van der Waals surface area contributed by atoms with Crippen LogP contribution in [0, 0.1) is 6.92 Å². The first-order chi connectivity index (χ1) is 10.6. The molecule has 0 heterocycles. The molecule has 3 heteroatoms. The van der Waals surface area contributed by atoms with Gasteiger partial charge in [-0.2, -0.15) is 0 Å². The first-order valence-electron chi connectivity index (χ1n) is 7.58. The van der Waals surface area contributed by atoms with Gasteiger partial charge in [0.15, 0.2) is 0 Å². The molecule has 1 N–H and O–H groups in total. The highest BCUT2D eigenvalue weighted by Crippen LogP contribution is 2.26. The van der Waals surface area contributed by atoms with Crippen LogP contribution in [0.4, 0.5) is 0 Å². The van der Waals surface area contributed by atoms with E-state index in [1.807, 2.05) is 56.3 Å². The lowest BCUT2D eigenvalue weighted by Crippen LogP contribution is -2.27. The Hall–Kier alpha value is -2.29. The van der Waals surface area contributed by atoms with E-state index in [9.17, 15) is 4.79 Å². The standard InChI is InChI=1S/C19H23NO2/c1-14-9-11-18(22-3)17(13-14)15(2)20-19(21)12-10-16-7-5-4-6-8-16/h4-9,11,13,15H,10,12H2,1-3H3,(H,20,21). The number of hydrogen-bond donors (Lipinski definition) is 1. The van der Waals surface area contributed by atoms with Crippen molar-refractivity contribution in [2.24, 2.45) is 0 Å². The lowest BCUT2D eigenvalue weighted by molar-refractivity contribution is -0.121. The summed E-state index contributed by atoms with van der Waals surface area (Å²) in [5.41, 5.74) is 3.34. The van der Waals surface area contributed by atoms with Crippen LogP contribution in [-0.4, -0.2) is 13.0 Å². The molecule has 0 bridgehead atoms. The summed E-state index contributed by atoms with van der Waals surface area (Å²) in [4.78, 5) is 12.1. The van der Waals surface area contributed by atoms with Crippen LogP contribution in [0.25, 0.3) is 0 Å². The summed E-state index contributed by atoms with van der Waals surface area (Å²) in [5, 5.41) is 3.05. The van der Waals surface area contributed by atoms with Gasteiger partial charge in [0.05, 0.1) is 13.2 Å². The molecule has 0 aliphatic carbocycles. The molecule has 2 aromatic rings. The number of rotatable bonds is 6. The van der Waals surface area contributed by atoms with E-state index in [0.717, 1.165) is 23.3 Å². The molecule has 1 unspecified atom stereocenters. The van der Waals surface area contributed by atoms with Gasteiger partial charge in [0, 0.05) is 12.0 Å². The van der Waals surface area contributed by atoms with Crippen molar-refractivity contribution >= 4 is 5.91 Å². The van der Waals surface area contributed by atoms with Crippen molar-refractivity contribution in [3.63, 3.8) is 0 Å². The predicted octanol–water partition coefficient (Wildman–Crippen LogP) is 3.81. The molecule has 2 rings (SSSR count). The van der Waals surface area contributed by atoms with Gasteiger partial charge < -0.3 is 10.1 Å². The normalized spacial score (nSPS) is 11.8. The maximum Gasteiger partial charge on any atom is 0.220 e. The van der Waals surface area contributed by atoms with E-state index >= 15 is 0 Å². The van der Waals surface area contributed by atoms with E-state index in [4.69, 9.17) is 4.74 Å². The highest BCUT2D eigenvalue weighted by molar-refractivity contribution is 5.76. The van der Waals surface area contributed by atoms with Crippen LogP contribution in [0.2, 0.25) is 0 Å². The minimum Gasteiger partial charge on any atom is -0.496 e. The van der Waals surface area contributed by atoms with Gasteiger partial charge >= 0.3 is 0 Å². The van der Waals surface area contributed by atoms with Crippen molar-refractivity contribution in [1.29, 1.82) is 0 Å². The van der Waals surface area contributed by atoms with Gasteiger partial charge in [0.1, 0.15) is 5.75 Å². The summed E-state index contributed by atoms with van der Waals surface area (Å²) >= 11 is 0. The quantitative estimate of drug-likeness (QED) is 0.880. The monoisotopic (exact) mass is 297 g/mol. The minimum absolute atomic E-state index is 0.0555. The first-order valence-corrected chi connectivity index (χ1v) is 7.58. The number of ether oxygens (including phenoxy) is 1. The molecule has 22 heavy (non-hydrogen) atoms. The number of nitrogens with one attached hydrogen (secondary N) is 1. The largest absolute Gasteiger partial charge is 0.496 e. The van der Waals surface area contributed by atoms with Crippen LogP contribution < -0.4 is 10.1 Å². The Bertz CT molecular complexity index is 623. The highest BCUT2D eigenvalue weighted by Gasteiger charge is 2.14. The number of methoxy groups -OCH3 is 1. The van der Waals surface area contributed by atoms with Crippen molar-refractivity contribution in [3.8, 4) is 5.75 Å². The second-order valence-electron chi connectivity index (χ2n) is 5.52. The smallest absolute Gasteiger partial charge is 0.220 e. The molecule has 0 fully saturated rings. The maximum atomic E-state index is 12.1. The van der Waals surface area contributed by atoms with E-state index in [0.29, 0.717) is 6.42 Å². The van der Waals surface area contributed by atoms with Crippen molar-refractivity contribution in [3.05, 3.63) is 65.2 Å². The van der Waals surface area contributed by atoms with Gasteiger partial charge in [-0.1, -0.05) is 48.0 Å². The topological polar surface area (TPSA) is 38.3 Å². The second-order valence-corrected chi connectivity index (χ2v) is 5.52. The first kappa shape index (κ1) is 16.1. The average Bonchev–Trinajstić information content (AvgIpc) is 2.54. The van der Waals surface area contributed by atoms with E-state index < -0.39 is 0 Å². The number of carbonyl (C=O) groups excluding carboxylic acids is 1. The summed E-state index contributed by atoms with van der Waals surface area (Å²) in [6.45, 7) is 4.02. The zero-order valence-electron chi connectivity index (χ0n) is 13.4. The molecular formula is C19H23NO2. The molecule has 0 aliphatic heterocycles. The Balaban J connectivity index is 1.95. The van der Waals surface area contributed by atoms with Gasteiger partial charge in [-0.25, -0.2) is 0 Å². The second kappa shape index (κ2) is 7.64. The molecule has 0 aliphatic rings. The van der Waals surface area contributed by atoms with E-state index in [2.05, 4.69) is 11.4 Å². The molecule has 0 saturated heterocycles. The molecule has 0 aromatic heterocycles. The van der Waals surface area contributed by atoms with E-state index in [-0.39, 0.29) is 11.9 Å². The van der Waals surface area contributed by atoms with Crippen molar-refractivity contribution in [2.75, 3.05) is 7.11 Å². The lowest BCUT2D eigenvalue weighted by Gasteiger charge is -2.18. The third-order valence-corrected chi connectivity index (χ3v) is 3.71. The average molecular weight is 297 g/mol. The Kier molecular flexibility index (Phi) is 5.59. The van der Waals surface area contributed by atoms with Gasteiger partial charge in [0.25, 0.3) is 0 Å². The molecule has 3 nitrogen and oxygen atoms in total. The van der Waals surface area contributed by atoms with Crippen LogP contribution in [0.15, 0.2) is 48.5 Å². The Morgan fingerprint density at radius 2 is 1.91 bits per heavy atom. The molecule has 1 amide bonds. The number of aryl methyl sites for hydroxylation is 2. The fourth-order valence-electron chi connectivity index (χ4n) is 2.49. The zero-order chi connectivity index (χ0) is 15.9. The summed E-state index contributed by atoms with van der Waals surface area (Å²) in [6, 6.07) is 16.0. The van der Waals surface area contributed by atoms with Gasteiger partial charge in [-0.3, -0.25) is 4.79 Å². The summed E-state index contributed by atoms with van der Waals surface area (Å²) < 4.78 is 5.38. The third kappa shape index (κ3) is 4.35. The summed E-state index contributed by atoms with van der Waals surface area (Å²) in [7, 11) is 1.65. The van der Waals surface area contributed by atoms with Crippen LogP contribution >= 0.6 is 0 Å². The van der Waals surface area contributed by atoms with Gasteiger partial charge in [-0.15, -0.1) is 0 Å². The Labute approximate surface area is 132 Å². The fourth-order valence-corrected chi connectivity index (χ4v) is 2.49. The highest BCUT2D eigenvalue weighted by atomic mass is 16.5. The Morgan fingerprint density at radius 1 is 1.18 bits per heavy atom. The molecule has 1 atom stereocenters. The van der Waals surface area contributed by atoms with Gasteiger partial charge in [0.2, 0.25) is 5.91 Å². The molecular weight excluding hydrogens is 274 g/mol. The van der Waals surface area contributed by atoms with E-state index in [1.165, 1.54) is 5.56 Å². The van der Waals surface area contributed by atoms with Crippen molar-refractivity contribution < 1.29 is 9.53 Å². The van der Waals surface area contributed by atoms with Crippen molar-refractivity contribution in [2.45, 2.75) is 32.7 Å². The summed E-state index contributed by atoms with van der Waals surface area (Å²) in [5.74, 6) is 0.862. The van der Waals surface area contributed by atoms with Crippen LogP contribution in [-0.2, 0) is 11.2 Å². The lowest BCUT2D eigenvalue weighted by atomic mass is 10.0. The molecule has 116 valence electrons. The molecule has 0 spiro atoms. The SMILES string of the molecule is COc1ccc(C)cc1C(C)NC(=O)CCc1ccccc1. The molecule has 0 saturated carbocycles. The van der Waals surface area contributed by atoms with Gasteiger partial charge in [-0.05, 0) is 31.9 Å². The number of amides is 1. The Morgan fingerprint density at radius 3 is 2.59 bits per heavy atom. The zero-order valence-corrected chi connectivity index (χ0v) is 13.4.